The fourth-order valence-corrected chi connectivity index (χ4v) is 2.22. The van der Waals surface area contributed by atoms with Gasteiger partial charge in [0.1, 0.15) is 17.8 Å². The quantitative estimate of drug-likeness (QED) is 0.410. The monoisotopic (exact) mass is 325 g/mol. The summed E-state index contributed by atoms with van der Waals surface area (Å²) in [6.45, 7) is 0. The highest BCUT2D eigenvalue weighted by Crippen LogP contribution is 2.20. The van der Waals surface area contributed by atoms with E-state index in [4.69, 9.17) is 9.15 Å². The fraction of sp³-hybridized carbons (Fsp3) is 0.118. The summed E-state index contributed by atoms with van der Waals surface area (Å²) in [7, 11) is 1.60. The van der Waals surface area contributed by atoms with Crippen molar-refractivity contribution >= 4 is 11.5 Å². The van der Waals surface area contributed by atoms with Gasteiger partial charge in [-0.2, -0.15) is 5.10 Å². The number of furan rings is 1. The maximum Gasteiger partial charge on any atom is 0.215 e. The lowest BCUT2D eigenvalue weighted by molar-refractivity contribution is 0.104. The number of hydrogen-bond donors (Lipinski definition) is 2. The number of benzene rings is 1. The van der Waals surface area contributed by atoms with Gasteiger partial charge in [-0.15, -0.1) is 0 Å². The molecule has 0 fully saturated rings. The zero-order valence-electron chi connectivity index (χ0n) is 12.9. The molecule has 0 bridgehead atoms. The van der Waals surface area contributed by atoms with Gasteiger partial charge in [0.2, 0.25) is 5.82 Å². The number of ether oxygens (including phenoxy) is 1. The summed E-state index contributed by atoms with van der Waals surface area (Å²) in [6.07, 6.45) is 4.29. The van der Waals surface area contributed by atoms with Crippen molar-refractivity contribution in [3.05, 3.63) is 71.7 Å². The minimum Gasteiger partial charge on any atom is -0.504 e. The van der Waals surface area contributed by atoms with E-state index >= 15 is 0 Å². The Kier molecular flexibility index (Phi) is 4.42. The summed E-state index contributed by atoms with van der Waals surface area (Å²) in [4.78, 5) is 16.1. The standard InChI is InChI=1S/C17H15N3O4/c1-23-12-4-2-11(3-5-12)8-16-13(6-7-24-16)14(21)9-15(22)17-18-10-19-20-17/h2-7,9-10,22H,8H2,1H3,(H,18,19,20). The Morgan fingerprint density at radius 3 is 2.79 bits per heavy atom. The molecule has 3 rings (SSSR count). The minimum absolute atomic E-state index is 0.0588. The molecule has 0 radical (unpaired) electrons. The number of carbonyl (C=O) groups excluding carboxylic acids is 1. The summed E-state index contributed by atoms with van der Waals surface area (Å²) < 4.78 is 10.5. The number of nitrogens with zero attached hydrogens (tertiary/aromatic N) is 2. The topological polar surface area (TPSA) is 101 Å². The van der Waals surface area contributed by atoms with Crippen LogP contribution in [0.1, 0.15) is 27.5 Å². The molecule has 0 unspecified atom stereocenters. The zero-order chi connectivity index (χ0) is 16.9. The summed E-state index contributed by atoms with van der Waals surface area (Å²) >= 11 is 0. The lowest BCUT2D eigenvalue weighted by atomic mass is 10.0. The molecule has 2 heterocycles. The van der Waals surface area contributed by atoms with Crippen molar-refractivity contribution in [3.63, 3.8) is 0 Å². The molecule has 0 saturated heterocycles. The highest BCUT2D eigenvalue weighted by molar-refractivity contribution is 6.08. The predicted octanol–water partition coefficient (Wildman–Crippen LogP) is 2.78. The maximum absolute atomic E-state index is 12.3. The second-order valence-corrected chi connectivity index (χ2v) is 5.00. The number of carbonyl (C=O) groups is 1. The molecule has 2 N–H and O–H groups in total. The first-order valence-corrected chi connectivity index (χ1v) is 7.18. The number of methoxy groups -OCH3 is 1. The van der Waals surface area contributed by atoms with E-state index in [0.717, 1.165) is 17.4 Å². The van der Waals surface area contributed by atoms with E-state index in [1.54, 1.807) is 13.2 Å². The van der Waals surface area contributed by atoms with Crippen LogP contribution in [0.4, 0.5) is 0 Å². The summed E-state index contributed by atoms with van der Waals surface area (Å²) in [5.41, 5.74) is 1.36. The van der Waals surface area contributed by atoms with Crippen molar-refractivity contribution in [2.45, 2.75) is 6.42 Å². The van der Waals surface area contributed by atoms with Crippen LogP contribution in [-0.2, 0) is 6.42 Å². The molecule has 2 aromatic heterocycles. The number of aliphatic hydroxyl groups excluding tert-OH is 1. The van der Waals surface area contributed by atoms with E-state index in [-0.39, 0.29) is 17.4 Å². The maximum atomic E-state index is 12.3. The van der Waals surface area contributed by atoms with E-state index in [9.17, 15) is 9.90 Å². The first-order valence-electron chi connectivity index (χ1n) is 7.18. The van der Waals surface area contributed by atoms with Gasteiger partial charge in [0.25, 0.3) is 0 Å². The second kappa shape index (κ2) is 6.82. The Morgan fingerprint density at radius 1 is 1.33 bits per heavy atom. The molecule has 1 aromatic carbocycles. The molecule has 0 saturated carbocycles. The van der Waals surface area contributed by atoms with E-state index in [1.807, 2.05) is 24.3 Å². The molecule has 0 aliphatic heterocycles. The fourth-order valence-electron chi connectivity index (χ4n) is 2.22. The van der Waals surface area contributed by atoms with Crippen molar-refractivity contribution in [2.24, 2.45) is 0 Å². The molecule has 0 aliphatic carbocycles. The van der Waals surface area contributed by atoms with Crippen LogP contribution in [0.15, 0.2) is 53.4 Å². The van der Waals surface area contributed by atoms with Crippen LogP contribution in [0.3, 0.4) is 0 Å². The van der Waals surface area contributed by atoms with Gasteiger partial charge in [-0.05, 0) is 23.8 Å². The van der Waals surface area contributed by atoms with Gasteiger partial charge in [0.15, 0.2) is 11.5 Å². The molecular weight excluding hydrogens is 310 g/mol. The lowest BCUT2D eigenvalue weighted by Gasteiger charge is -2.03. The molecule has 24 heavy (non-hydrogen) atoms. The first-order chi connectivity index (χ1) is 11.7. The minimum atomic E-state index is -0.380. The van der Waals surface area contributed by atoms with Gasteiger partial charge >= 0.3 is 0 Å². The number of allylic oxidation sites excluding steroid dienone is 1. The number of ketones is 1. The van der Waals surface area contributed by atoms with Gasteiger partial charge in [-0.1, -0.05) is 12.1 Å². The van der Waals surface area contributed by atoms with Crippen LogP contribution >= 0.6 is 0 Å². The number of rotatable bonds is 6. The summed E-state index contributed by atoms with van der Waals surface area (Å²) in [5, 5.41) is 16.1. The Hall–Kier alpha value is -3.35. The van der Waals surface area contributed by atoms with Crippen molar-refractivity contribution in [2.75, 3.05) is 7.11 Å². The summed E-state index contributed by atoms with van der Waals surface area (Å²) in [5.74, 6) is 0.647. The number of aromatic nitrogens is 3. The third-order valence-corrected chi connectivity index (χ3v) is 3.45. The summed E-state index contributed by atoms with van der Waals surface area (Å²) in [6, 6.07) is 9.06. The van der Waals surface area contributed by atoms with Gasteiger partial charge in [-0.25, -0.2) is 4.98 Å². The largest absolute Gasteiger partial charge is 0.504 e. The van der Waals surface area contributed by atoms with Crippen LogP contribution in [0.2, 0.25) is 0 Å². The van der Waals surface area contributed by atoms with Crippen LogP contribution in [0.25, 0.3) is 5.76 Å². The molecule has 7 nitrogen and oxygen atoms in total. The van der Waals surface area contributed by atoms with Gasteiger partial charge in [-0.3, -0.25) is 9.89 Å². The van der Waals surface area contributed by atoms with Gasteiger partial charge < -0.3 is 14.3 Å². The SMILES string of the molecule is COc1ccc(Cc2occc2C(=O)C=C(O)c2nc[nH]n2)cc1. The number of H-pyrrole nitrogens is 1. The van der Waals surface area contributed by atoms with Gasteiger partial charge in [0.05, 0.1) is 18.9 Å². The predicted molar refractivity (Wildman–Crippen MR) is 85.8 cm³/mol. The second-order valence-electron chi connectivity index (χ2n) is 5.00. The van der Waals surface area contributed by atoms with E-state index in [2.05, 4.69) is 15.2 Å². The Bertz CT molecular complexity index is 848. The number of aliphatic hydroxyl groups is 1. The van der Waals surface area contributed by atoms with Crippen LogP contribution in [0, 0.1) is 0 Å². The van der Waals surface area contributed by atoms with E-state index in [1.165, 1.54) is 12.6 Å². The highest BCUT2D eigenvalue weighted by atomic mass is 16.5. The van der Waals surface area contributed by atoms with Crippen molar-refractivity contribution in [3.8, 4) is 5.75 Å². The first kappa shape index (κ1) is 15.5. The molecule has 3 aromatic rings. The lowest BCUT2D eigenvalue weighted by Crippen LogP contribution is -2.00. The van der Waals surface area contributed by atoms with Crippen molar-refractivity contribution < 1.29 is 19.1 Å². The average molecular weight is 325 g/mol. The number of hydrogen-bond acceptors (Lipinski definition) is 6. The van der Waals surface area contributed by atoms with Crippen LogP contribution in [-0.4, -0.2) is 33.2 Å². The molecule has 0 atom stereocenters. The molecule has 0 amide bonds. The normalized spacial score (nSPS) is 11.5. The zero-order valence-corrected chi connectivity index (χ0v) is 12.9. The Balaban J connectivity index is 1.79. The third kappa shape index (κ3) is 3.35. The highest BCUT2D eigenvalue weighted by Gasteiger charge is 2.15. The smallest absolute Gasteiger partial charge is 0.215 e. The van der Waals surface area contributed by atoms with Crippen LogP contribution in [0.5, 0.6) is 5.75 Å². The van der Waals surface area contributed by atoms with Crippen LogP contribution < -0.4 is 4.74 Å². The average Bonchev–Trinajstić information content (AvgIpc) is 3.27. The number of aromatic amines is 1. The Labute approximate surface area is 137 Å². The molecule has 0 aliphatic rings. The third-order valence-electron chi connectivity index (χ3n) is 3.45. The van der Waals surface area contributed by atoms with E-state index < -0.39 is 0 Å². The molecule has 7 heteroatoms. The Morgan fingerprint density at radius 2 is 2.12 bits per heavy atom. The number of nitrogens with one attached hydrogen (secondary N) is 1. The van der Waals surface area contributed by atoms with E-state index in [0.29, 0.717) is 17.7 Å². The molecular formula is C17H15N3O4. The van der Waals surface area contributed by atoms with Crippen molar-refractivity contribution in [1.29, 1.82) is 0 Å². The van der Waals surface area contributed by atoms with Gasteiger partial charge in [0, 0.05) is 12.5 Å². The van der Waals surface area contributed by atoms with Crippen molar-refractivity contribution in [1.82, 2.24) is 15.2 Å². The molecule has 122 valence electrons. The molecule has 0 spiro atoms.